The maximum atomic E-state index is 11.7. The van der Waals surface area contributed by atoms with Crippen molar-refractivity contribution in [2.45, 2.75) is 26.9 Å². The Bertz CT molecular complexity index is 303. The lowest BCUT2D eigenvalue weighted by Gasteiger charge is -2.18. The molecular weight excluding hydrogens is 214 g/mol. The zero-order valence-electron chi connectivity index (χ0n) is 9.56. The monoisotopic (exact) mass is 233 g/mol. The first kappa shape index (κ1) is 14.4. The standard InChI is InChI=1S/C10H19NO3S/c1-5-7-11(6-2)15(12,13)9-8-14-10(3)4/h1,10H,6-9H2,2-4H3. The highest BCUT2D eigenvalue weighted by Crippen LogP contribution is 2.01. The van der Waals surface area contributed by atoms with Gasteiger partial charge in [-0.25, -0.2) is 8.42 Å². The van der Waals surface area contributed by atoms with Crippen LogP contribution in [0.1, 0.15) is 20.8 Å². The van der Waals surface area contributed by atoms with Crippen LogP contribution in [0.4, 0.5) is 0 Å². The van der Waals surface area contributed by atoms with E-state index in [2.05, 4.69) is 5.92 Å². The van der Waals surface area contributed by atoms with Gasteiger partial charge in [0, 0.05) is 6.54 Å². The zero-order valence-corrected chi connectivity index (χ0v) is 10.4. The summed E-state index contributed by atoms with van der Waals surface area (Å²) in [6.07, 6.45) is 5.14. The summed E-state index contributed by atoms with van der Waals surface area (Å²) in [5, 5.41) is 0. The molecule has 0 aliphatic heterocycles. The predicted octanol–water partition coefficient (Wildman–Crippen LogP) is 0.696. The van der Waals surface area contributed by atoms with Gasteiger partial charge in [-0.05, 0) is 13.8 Å². The molecule has 15 heavy (non-hydrogen) atoms. The summed E-state index contributed by atoms with van der Waals surface area (Å²) in [4.78, 5) is 0. The van der Waals surface area contributed by atoms with E-state index in [1.165, 1.54) is 4.31 Å². The molecule has 0 unspecified atom stereocenters. The van der Waals surface area contributed by atoms with E-state index in [1.807, 2.05) is 13.8 Å². The number of ether oxygens (including phenoxy) is 1. The van der Waals surface area contributed by atoms with Crippen molar-refractivity contribution in [2.75, 3.05) is 25.4 Å². The summed E-state index contributed by atoms with van der Waals surface area (Å²) in [5.41, 5.74) is 0. The van der Waals surface area contributed by atoms with Crippen LogP contribution in [0.15, 0.2) is 0 Å². The Morgan fingerprint density at radius 3 is 2.47 bits per heavy atom. The molecule has 4 nitrogen and oxygen atoms in total. The van der Waals surface area contributed by atoms with Gasteiger partial charge in [0.1, 0.15) is 0 Å². The van der Waals surface area contributed by atoms with Crippen molar-refractivity contribution in [1.29, 1.82) is 0 Å². The third kappa shape index (κ3) is 5.78. The fourth-order valence-electron chi connectivity index (χ4n) is 1.03. The van der Waals surface area contributed by atoms with E-state index in [-0.39, 0.29) is 25.0 Å². The van der Waals surface area contributed by atoms with Crippen LogP contribution in [0, 0.1) is 12.3 Å². The number of nitrogens with zero attached hydrogens (tertiary/aromatic N) is 1. The average molecular weight is 233 g/mol. The van der Waals surface area contributed by atoms with Crippen LogP contribution in [0.5, 0.6) is 0 Å². The Morgan fingerprint density at radius 1 is 1.47 bits per heavy atom. The van der Waals surface area contributed by atoms with Gasteiger partial charge < -0.3 is 4.74 Å². The molecule has 0 saturated heterocycles. The average Bonchev–Trinajstić information content (AvgIpc) is 2.12. The summed E-state index contributed by atoms with van der Waals surface area (Å²) in [5.74, 6) is 2.32. The van der Waals surface area contributed by atoms with Gasteiger partial charge in [-0.3, -0.25) is 0 Å². The van der Waals surface area contributed by atoms with Crippen LogP contribution < -0.4 is 0 Å². The smallest absolute Gasteiger partial charge is 0.217 e. The quantitative estimate of drug-likeness (QED) is 0.608. The first-order valence-corrected chi connectivity index (χ1v) is 6.57. The highest BCUT2D eigenvalue weighted by molar-refractivity contribution is 7.89. The molecule has 5 heteroatoms. The van der Waals surface area contributed by atoms with Crippen molar-refractivity contribution < 1.29 is 13.2 Å². The summed E-state index contributed by atoms with van der Waals surface area (Å²) in [7, 11) is -3.26. The molecule has 0 heterocycles. The van der Waals surface area contributed by atoms with Gasteiger partial charge in [-0.2, -0.15) is 4.31 Å². The molecule has 0 aromatic heterocycles. The van der Waals surface area contributed by atoms with Crippen molar-refractivity contribution in [1.82, 2.24) is 4.31 Å². The van der Waals surface area contributed by atoms with Crippen molar-refractivity contribution in [3.63, 3.8) is 0 Å². The third-order valence-corrected chi connectivity index (χ3v) is 3.66. The first-order chi connectivity index (χ1) is 6.94. The van der Waals surface area contributed by atoms with Gasteiger partial charge in [0.2, 0.25) is 10.0 Å². The number of hydrogen-bond donors (Lipinski definition) is 0. The molecule has 0 saturated carbocycles. The highest BCUT2D eigenvalue weighted by atomic mass is 32.2. The molecule has 0 fully saturated rings. The second-order valence-corrected chi connectivity index (χ2v) is 5.45. The summed E-state index contributed by atoms with van der Waals surface area (Å²) in [6.45, 7) is 6.23. The van der Waals surface area contributed by atoms with Crippen molar-refractivity contribution >= 4 is 10.0 Å². The molecule has 0 aromatic carbocycles. The minimum absolute atomic E-state index is 0.0132. The number of hydrogen-bond acceptors (Lipinski definition) is 3. The summed E-state index contributed by atoms with van der Waals surface area (Å²) < 4.78 is 29.8. The second kappa shape index (κ2) is 6.83. The van der Waals surface area contributed by atoms with Crippen molar-refractivity contribution in [3.8, 4) is 12.3 Å². The van der Waals surface area contributed by atoms with E-state index in [9.17, 15) is 8.42 Å². The molecule has 0 aromatic rings. The second-order valence-electron chi connectivity index (χ2n) is 3.37. The summed E-state index contributed by atoms with van der Waals surface area (Å²) in [6, 6.07) is 0. The van der Waals surface area contributed by atoms with Gasteiger partial charge in [0.25, 0.3) is 0 Å². The van der Waals surface area contributed by atoms with Gasteiger partial charge in [-0.1, -0.05) is 12.8 Å². The SMILES string of the molecule is C#CCN(CC)S(=O)(=O)CCOC(C)C. The van der Waals surface area contributed by atoms with E-state index >= 15 is 0 Å². The Kier molecular flexibility index (Phi) is 6.57. The molecule has 0 atom stereocenters. The lowest BCUT2D eigenvalue weighted by Crippen LogP contribution is -2.34. The zero-order chi connectivity index (χ0) is 11.9. The fourth-order valence-corrected chi connectivity index (χ4v) is 2.26. The van der Waals surface area contributed by atoms with E-state index < -0.39 is 10.0 Å². The van der Waals surface area contributed by atoms with E-state index in [4.69, 9.17) is 11.2 Å². The number of terminal acetylenes is 1. The third-order valence-electron chi connectivity index (χ3n) is 1.81. The molecule has 88 valence electrons. The van der Waals surface area contributed by atoms with Gasteiger partial charge in [0.05, 0.1) is 25.0 Å². The van der Waals surface area contributed by atoms with E-state index in [1.54, 1.807) is 6.92 Å². The molecule has 0 bridgehead atoms. The molecule has 0 aliphatic carbocycles. The van der Waals surface area contributed by atoms with Crippen LogP contribution in [-0.2, 0) is 14.8 Å². The van der Waals surface area contributed by atoms with E-state index in [0.29, 0.717) is 6.54 Å². The lowest BCUT2D eigenvalue weighted by molar-refractivity contribution is 0.0907. The van der Waals surface area contributed by atoms with Crippen LogP contribution in [0.2, 0.25) is 0 Å². The lowest BCUT2D eigenvalue weighted by atomic mass is 10.5. The minimum Gasteiger partial charge on any atom is -0.378 e. The molecule has 0 rings (SSSR count). The Hall–Kier alpha value is -0.570. The molecular formula is C10H19NO3S. The van der Waals surface area contributed by atoms with E-state index in [0.717, 1.165) is 0 Å². The number of sulfonamides is 1. The molecule has 0 amide bonds. The van der Waals surface area contributed by atoms with Crippen molar-refractivity contribution in [3.05, 3.63) is 0 Å². The first-order valence-electron chi connectivity index (χ1n) is 4.97. The topological polar surface area (TPSA) is 46.6 Å². The molecule has 0 radical (unpaired) electrons. The minimum atomic E-state index is -3.26. The predicted molar refractivity (Wildman–Crippen MR) is 61.0 cm³/mol. The van der Waals surface area contributed by atoms with Crippen molar-refractivity contribution in [2.24, 2.45) is 0 Å². The van der Waals surface area contributed by atoms with Crippen LogP contribution in [0.25, 0.3) is 0 Å². The maximum absolute atomic E-state index is 11.7. The Balaban J connectivity index is 4.22. The van der Waals surface area contributed by atoms with Gasteiger partial charge in [0.15, 0.2) is 0 Å². The fraction of sp³-hybridized carbons (Fsp3) is 0.800. The number of rotatable bonds is 7. The molecule has 0 N–H and O–H groups in total. The van der Waals surface area contributed by atoms with Crippen LogP contribution in [0.3, 0.4) is 0 Å². The summed E-state index contributed by atoms with van der Waals surface area (Å²) >= 11 is 0. The molecule has 0 spiro atoms. The Morgan fingerprint density at radius 2 is 2.07 bits per heavy atom. The van der Waals surface area contributed by atoms with Gasteiger partial charge >= 0.3 is 0 Å². The Labute approximate surface area is 92.7 Å². The highest BCUT2D eigenvalue weighted by Gasteiger charge is 2.19. The molecule has 0 aliphatic rings. The van der Waals surface area contributed by atoms with Crippen LogP contribution in [-0.4, -0.2) is 44.3 Å². The largest absolute Gasteiger partial charge is 0.378 e. The van der Waals surface area contributed by atoms with Crippen LogP contribution >= 0.6 is 0 Å². The normalized spacial score (nSPS) is 12.0. The maximum Gasteiger partial charge on any atom is 0.217 e. The van der Waals surface area contributed by atoms with Gasteiger partial charge in [-0.15, -0.1) is 6.42 Å².